The second-order valence-corrected chi connectivity index (χ2v) is 12.9. The Morgan fingerprint density at radius 3 is 2.59 bits per heavy atom. The first-order valence-electron chi connectivity index (χ1n) is 12.7. The van der Waals surface area contributed by atoms with Gasteiger partial charge in [-0.1, -0.05) is 44.2 Å². The van der Waals surface area contributed by atoms with Crippen LogP contribution in [0, 0.1) is 17.2 Å². The van der Waals surface area contributed by atoms with Gasteiger partial charge in [0.1, 0.15) is 12.1 Å². The molecule has 1 aliphatic rings. The predicted molar refractivity (Wildman–Crippen MR) is 149 cm³/mol. The van der Waals surface area contributed by atoms with Gasteiger partial charge in [-0.25, -0.2) is 8.42 Å². The fourth-order valence-electron chi connectivity index (χ4n) is 4.58. The number of ketones is 1. The molecule has 0 spiro atoms. The SMILES string of the molecule is CC(C)C[C@H](NC(=O)c1cc2ccccc2s1)C(=O)N[C@@H]1CCCN(S(=O)(=O)c2ccccc2C#N)CC1=O. The van der Waals surface area contributed by atoms with E-state index in [1.165, 1.54) is 29.5 Å². The molecule has 0 unspecified atom stereocenters. The van der Waals surface area contributed by atoms with E-state index in [0.717, 1.165) is 14.4 Å². The van der Waals surface area contributed by atoms with E-state index < -0.39 is 40.3 Å². The highest BCUT2D eigenvalue weighted by Crippen LogP contribution is 2.26. The molecular weight excluding hydrogens is 536 g/mol. The van der Waals surface area contributed by atoms with E-state index in [-0.39, 0.29) is 35.2 Å². The average Bonchev–Trinajstić information content (AvgIpc) is 3.26. The van der Waals surface area contributed by atoms with Crippen LogP contribution in [0.4, 0.5) is 0 Å². The van der Waals surface area contributed by atoms with Crippen molar-refractivity contribution in [3.63, 3.8) is 0 Å². The summed E-state index contributed by atoms with van der Waals surface area (Å²) in [5.41, 5.74) is 0.00459. The van der Waals surface area contributed by atoms with Crippen LogP contribution in [-0.4, -0.2) is 55.5 Å². The molecule has 1 aromatic heterocycles. The summed E-state index contributed by atoms with van der Waals surface area (Å²) in [5.74, 6) is -1.20. The summed E-state index contributed by atoms with van der Waals surface area (Å²) in [6.07, 6.45) is 0.970. The molecule has 4 rings (SSSR count). The third-order valence-corrected chi connectivity index (χ3v) is 9.56. The topological polar surface area (TPSA) is 136 Å². The molecule has 11 heteroatoms. The van der Waals surface area contributed by atoms with Crippen LogP contribution in [0.2, 0.25) is 0 Å². The van der Waals surface area contributed by atoms with E-state index in [9.17, 15) is 28.1 Å². The van der Waals surface area contributed by atoms with Crippen LogP contribution in [0.25, 0.3) is 10.1 Å². The van der Waals surface area contributed by atoms with Gasteiger partial charge < -0.3 is 10.6 Å². The van der Waals surface area contributed by atoms with E-state index in [4.69, 9.17) is 0 Å². The summed E-state index contributed by atoms with van der Waals surface area (Å²) in [6.45, 7) is 3.53. The quantitative estimate of drug-likeness (QED) is 0.429. The van der Waals surface area contributed by atoms with Crippen LogP contribution in [-0.2, 0) is 19.6 Å². The molecule has 2 aromatic carbocycles. The summed E-state index contributed by atoms with van der Waals surface area (Å²) in [6, 6.07) is 15.4. The number of hydrogen-bond acceptors (Lipinski definition) is 7. The lowest BCUT2D eigenvalue weighted by Gasteiger charge is -2.23. The fourth-order valence-corrected chi connectivity index (χ4v) is 7.13. The molecule has 0 aliphatic carbocycles. The van der Waals surface area contributed by atoms with Crippen molar-refractivity contribution in [2.45, 2.75) is 50.1 Å². The maximum absolute atomic E-state index is 13.3. The molecule has 1 fully saturated rings. The molecule has 1 aliphatic heterocycles. The molecule has 3 aromatic rings. The minimum atomic E-state index is -4.08. The van der Waals surface area contributed by atoms with Gasteiger partial charge in [-0.3, -0.25) is 14.4 Å². The maximum atomic E-state index is 13.3. The Morgan fingerprint density at radius 1 is 1.15 bits per heavy atom. The summed E-state index contributed by atoms with van der Waals surface area (Å²) in [5, 5.41) is 15.9. The zero-order valence-corrected chi connectivity index (χ0v) is 23.3. The van der Waals surface area contributed by atoms with E-state index in [0.29, 0.717) is 17.7 Å². The van der Waals surface area contributed by atoms with Gasteiger partial charge in [0.15, 0.2) is 5.78 Å². The summed E-state index contributed by atoms with van der Waals surface area (Å²) in [4.78, 5) is 39.8. The predicted octanol–water partition coefficient (Wildman–Crippen LogP) is 3.46. The van der Waals surface area contributed by atoms with Crippen molar-refractivity contribution in [2.24, 2.45) is 5.92 Å². The van der Waals surface area contributed by atoms with Crippen LogP contribution >= 0.6 is 11.3 Å². The van der Waals surface area contributed by atoms with Gasteiger partial charge in [-0.15, -0.1) is 11.3 Å². The highest BCUT2D eigenvalue weighted by atomic mass is 32.2. The number of Topliss-reactive ketones (excluding diaryl/α,β-unsaturated/α-hetero) is 1. The van der Waals surface area contributed by atoms with Gasteiger partial charge >= 0.3 is 0 Å². The Bertz CT molecular complexity index is 1510. The van der Waals surface area contributed by atoms with Crippen LogP contribution in [0.15, 0.2) is 59.5 Å². The Kier molecular flexibility index (Phi) is 8.80. The number of amides is 2. The Balaban J connectivity index is 1.46. The van der Waals surface area contributed by atoms with E-state index in [1.807, 2.05) is 44.2 Å². The number of hydrogen-bond donors (Lipinski definition) is 2. The Morgan fingerprint density at radius 2 is 1.87 bits per heavy atom. The number of nitriles is 1. The van der Waals surface area contributed by atoms with Gasteiger partial charge in [-0.05, 0) is 54.8 Å². The first-order chi connectivity index (χ1) is 18.6. The number of nitrogens with one attached hydrogen (secondary N) is 2. The van der Waals surface area contributed by atoms with Gasteiger partial charge in [0, 0.05) is 11.2 Å². The highest BCUT2D eigenvalue weighted by Gasteiger charge is 2.35. The molecule has 2 N–H and O–H groups in total. The maximum Gasteiger partial charge on any atom is 0.262 e. The van der Waals surface area contributed by atoms with Crippen molar-refractivity contribution < 1.29 is 22.8 Å². The molecule has 2 atom stereocenters. The monoisotopic (exact) mass is 566 g/mol. The summed E-state index contributed by atoms with van der Waals surface area (Å²) >= 11 is 1.34. The van der Waals surface area contributed by atoms with Gasteiger partial charge in [-0.2, -0.15) is 9.57 Å². The third-order valence-electron chi connectivity index (χ3n) is 6.54. The minimum absolute atomic E-state index is 0.00459. The number of carbonyl (C=O) groups excluding carboxylic acids is 3. The van der Waals surface area contributed by atoms with Crippen molar-refractivity contribution in [1.29, 1.82) is 5.26 Å². The van der Waals surface area contributed by atoms with Crippen LogP contribution in [0.3, 0.4) is 0 Å². The molecule has 2 heterocycles. The van der Waals surface area contributed by atoms with Crippen LogP contribution < -0.4 is 10.6 Å². The number of carbonyl (C=O) groups is 3. The first-order valence-corrected chi connectivity index (χ1v) is 15.0. The fraction of sp³-hybridized carbons (Fsp3) is 0.357. The second kappa shape index (κ2) is 12.1. The van der Waals surface area contributed by atoms with Crippen molar-refractivity contribution >= 4 is 49.0 Å². The van der Waals surface area contributed by atoms with E-state index in [1.54, 1.807) is 12.1 Å². The Labute approximate surface area is 231 Å². The van der Waals surface area contributed by atoms with Gasteiger partial charge in [0.05, 0.1) is 27.9 Å². The zero-order valence-electron chi connectivity index (χ0n) is 21.7. The first kappa shape index (κ1) is 28.4. The van der Waals surface area contributed by atoms with Crippen molar-refractivity contribution in [3.8, 4) is 6.07 Å². The third kappa shape index (κ3) is 6.53. The zero-order chi connectivity index (χ0) is 28.2. The molecular formula is C28H30N4O5S2. The smallest absolute Gasteiger partial charge is 0.262 e. The number of rotatable bonds is 8. The Hall–Kier alpha value is -3.59. The molecule has 0 saturated carbocycles. The standard InChI is InChI=1S/C28H30N4O5S2/c1-18(2)14-22(31-28(35)25-15-19-8-3-5-11-24(19)38-25)27(34)30-21-10-7-13-32(17-23(21)33)39(36,37)26-12-6-4-9-20(26)16-29/h3-6,8-9,11-12,15,18,21-22H,7,10,13-14,17H2,1-2H3,(H,30,34)(H,31,35)/t21-,22+/m1/s1. The molecule has 1 saturated heterocycles. The van der Waals surface area contributed by atoms with E-state index in [2.05, 4.69) is 10.6 Å². The van der Waals surface area contributed by atoms with Crippen molar-refractivity contribution in [3.05, 3.63) is 65.0 Å². The lowest BCUT2D eigenvalue weighted by Crippen LogP contribution is -2.52. The molecule has 9 nitrogen and oxygen atoms in total. The molecule has 2 amide bonds. The summed E-state index contributed by atoms with van der Waals surface area (Å²) in [7, 11) is -4.08. The van der Waals surface area contributed by atoms with Gasteiger partial charge in [0.2, 0.25) is 15.9 Å². The largest absolute Gasteiger partial charge is 0.344 e. The van der Waals surface area contributed by atoms with Crippen LogP contribution in [0.5, 0.6) is 0 Å². The average molecular weight is 567 g/mol. The van der Waals surface area contributed by atoms with E-state index >= 15 is 0 Å². The lowest BCUT2D eigenvalue weighted by atomic mass is 10.0. The number of benzene rings is 2. The van der Waals surface area contributed by atoms with Crippen molar-refractivity contribution in [1.82, 2.24) is 14.9 Å². The minimum Gasteiger partial charge on any atom is -0.344 e. The normalized spacial score (nSPS) is 17.4. The number of sulfonamides is 1. The van der Waals surface area contributed by atoms with Crippen LogP contribution in [0.1, 0.15) is 48.3 Å². The second-order valence-electron chi connectivity index (χ2n) is 9.92. The molecule has 0 radical (unpaired) electrons. The molecule has 204 valence electrons. The molecule has 39 heavy (non-hydrogen) atoms. The number of thiophene rings is 1. The lowest BCUT2D eigenvalue weighted by molar-refractivity contribution is -0.129. The summed E-state index contributed by atoms with van der Waals surface area (Å²) < 4.78 is 28.5. The van der Waals surface area contributed by atoms with Crippen molar-refractivity contribution in [2.75, 3.05) is 13.1 Å². The molecule has 0 bridgehead atoms. The number of nitrogens with zero attached hydrogens (tertiary/aromatic N) is 2. The number of fused-ring (bicyclic) bond motifs is 1. The van der Waals surface area contributed by atoms with Gasteiger partial charge in [0.25, 0.3) is 5.91 Å². The highest BCUT2D eigenvalue weighted by molar-refractivity contribution is 7.89.